The molecule has 20 heavy (non-hydrogen) atoms. The molecule has 0 saturated heterocycles. The largest absolute Gasteiger partial charge is 0.618 e. The lowest BCUT2D eigenvalue weighted by atomic mass is 10.2. The second kappa shape index (κ2) is 5.67. The van der Waals surface area contributed by atoms with Crippen LogP contribution in [0.25, 0.3) is 10.6 Å². The molecule has 3 nitrogen and oxygen atoms in total. The minimum atomic E-state index is 0.606. The van der Waals surface area contributed by atoms with Crippen LogP contribution in [0.4, 0.5) is 5.69 Å². The van der Waals surface area contributed by atoms with Gasteiger partial charge in [-0.25, -0.2) is 4.98 Å². The molecule has 1 aromatic heterocycles. The van der Waals surface area contributed by atoms with Gasteiger partial charge in [0.05, 0.1) is 0 Å². The van der Waals surface area contributed by atoms with Crippen molar-refractivity contribution in [2.75, 3.05) is 0 Å². The van der Waals surface area contributed by atoms with Gasteiger partial charge in [-0.2, -0.15) is 4.74 Å². The van der Waals surface area contributed by atoms with E-state index in [-0.39, 0.29) is 0 Å². The molecule has 0 aliphatic rings. The molecule has 3 aromatic rings. The number of thiazole rings is 1. The third-order valence-electron chi connectivity index (χ3n) is 2.87. The van der Waals surface area contributed by atoms with Crippen molar-refractivity contribution in [2.45, 2.75) is 0 Å². The Morgan fingerprint density at radius 2 is 1.75 bits per heavy atom. The first kappa shape index (κ1) is 12.6. The minimum absolute atomic E-state index is 0.606. The second-order valence-electron chi connectivity index (χ2n) is 4.25. The van der Waals surface area contributed by atoms with Crippen molar-refractivity contribution in [3.63, 3.8) is 0 Å². The van der Waals surface area contributed by atoms with Crippen LogP contribution in [0.15, 0.2) is 66.2 Å². The van der Waals surface area contributed by atoms with Gasteiger partial charge >= 0.3 is 0 Å². The molecule has 0 radical (unpaired) electrons. The van der Waals surface area contributed by atoms with Crippen LogP contribution in [0.3, 0.4) is 0 Å². The standard InChI is InChI=1S/C16H12N2OS/c19-18(12-13-4-2-1-3-5-13)15-8-6-14(7-9-15)16-17-10-11-20-16/h1-12H. The molecule has 0 bridgehead atoms. The predicted molar refractivity (Wildman–Crippen MR) is 82.4 cm³/mol. The van der Waals surface area contributed by atoms with E-state index in [0.29, 0.717) is 5.69 Å². The number of hydrogen-bond acceptors (Lipinski definition) is 3. The maximum absolute atomic E-state index is 12.1. The van der Waals surface area contributed by atoms with Crippen LogP contribution in [-0.4, -0.2) is 15.9 Å². The Bertz CT molecular complexity index is 704. The van der Waals surface area contributed by atoms with Gasteiger partial charge in [0, 0.05) is 34.8 Å². The van der Waals surface area contributed by atoms with Crippen molar-refractivity contribution in [1.82, 2.24) is 4.98 Å². The molecule has 0 atom stereocenters. The lowest BCUT2D eigenvalue weighted by Crippen LogP contribution is -1.98. The summed E-state index contributed by atoms with van der Waals surface area (Å²) in [6.07, 6.45) is 3.34. The van der Waals surface area contributed by atoms with Gasteiger partial charge in [0.15, 0.2) is 6.21 Å². The lowest BCUT2D eigenvalue weighted by Gasteiger charge is -2.03. The second-order valence-corrected chi connectivity index (χ2v) is 5.14. The fourth-order valence-corrected chi connectivity index (χ4v) is 2.51. The Balaban J connectivity index is 1.86. The normalized spacial score (nSPS) is 11.5. The molecule has 4 heteroatoms. The zero-order valence-electron chi connectivity index (χ0n) is 10.6. The van der Waals surface area contributed by atoms with E-state index in [1.807, 2.05) is 60.0 Å². The SMILES string of the molecule is [O-][N+](=Cc1ccccc1)c1ccc(-c2nccs2)cc1. The summed E-state index contributed by atoms with van der Waals surface area (Å²) in [7, 11) is 0. The van der Waals surface area contributed by atoms with E-state index < -0.39 is 0 Å². The topological polar surface area (TPSA) is 39.0 Å². The van der Waals surface area contributed by atoms with E-state index in [9.17, 15) is 5.21 Å². The van der Waals surface area contributed by atoms with Crippen LogP contribution in [0.5, 0.6) is 0 Å². The van der Waals surface area contributed by atoms with Crippen molar-refractivity contribution in [1.29, 1.82) is 0 Å². The molecule has 0 aliphatic carbocycles. The zero-order chi connectivity index (χ0) is 13.8. The van der Waals surface area contributed by atoms with E-state index >= 15 is 0 Å². The highest BCUT2D eigenvalue weighted by Gasteiger charge is 2.04. The Hall–Kier alpha value is -2.46. The molecular formula is C16H12N2OS. The average Bonchev–Trinajstić information content (AvgIpc) is 3.03. The van der Waals surface area contributed by atoms with Crippen molar-refractivity contribution < 1.29 is 4.74 Å². The molecule has 0 saturated carbocycles. The van der Waals surface area contributed by atoms with Crippen LogP contribution in [-0.2, 0) is 0 Å². The molecule has 2 aromatic carbocycles. The lowest BCUT2D eigenvalue weighted by molar-refractivity contribution is -0.354. The van der Waals surface area contributed by atoms with Gasteiger partial charge < -0.3 is 5.21 Å². The summed E-state index contributed by atoms with van der Waals surface area (Å²) in [5.41, 5.74) is 2.51. The smallest absolute Gasteiger partial charge is 0.216 e. The Kier molecular flexibility index (Phi) is 3.56. The molecule has 3 rings (SSSR count). The van der Waals surface area contributed by atoms with Crippen LogP contribution < -0.4 is 0 Å². The summed E-state index contributed by atoms with van der Waals surface area (Å²) < 4.78 is 0.876. The zero-order valence-corrected chi connectivity index (χ0v) is 11.5. The van der Waals surface area contributed by atoms with E-state index in [0.717, 1.165) is 20.9 Å². The summed E-state index contributed by atoms with van der Waals surface area (Å²) in [5.74, 6) is 0. The van der Waals surface area contributed by atoms with Crippen LogP contribution in [0.2, 0.25) is 0 Å². The maximum Gasteiger partial charge on any atom is 0.216 e. The first-order valence-electron chi connectivity index (χ1n) is 6.19. The third-order valence-corrected chi connectivity index (χ3v) is 3.69. The van der Waals surface area contributed by atoms with Crippen molar-refractivity contribution in [3.8, 4) is 10.6 Å². The van der Waals surface area contributed by atoms with Gasteiger partial charge in [-0.3, -0.25) is 0 Å². The van der Waals surface area contributed by atoms with Crippen molar-refractivity contribution in [3.05, 3.63) is 76.9 Å². The highest BCUT2D eigenvalue weighted by molar-refractivity contribution is 7.13. The Morgan fingerprint density at radius 3 is 2.40 bits per heavy atom. The van der Waals surface area contributed by atoms with Crippen LogP contribution in [0.1, 0.15) is 5.56 Å². The highest BCUT2D eigenvalue weighted by atomic mass is 32.1. The van der Waals surface area contributed by atoms with Crippen LogP contribution >= 0.6 is 11.3 Å². The fourth-order valence-electron chi connectivity index (χ4n) is 1.87. The summed E-state index contributed by atoms with van der Waals surface area (Å²) in [6, 6.07) is 17.0. The summed E-state index contributed by atoms with van der Waals surface area (Å²) >= 11 is 1.58. The number of rotatable bonds is 3. The Morgan fingerprint density at radius 1 is 1.00 bits per heavy atom. The molecule has 0 amide bonds. The first-order valence-corrected chi connectivity index (χ1v) is 7.07. The summed E-state index contributed by atoms with van der Waals surface area (Å²) in [5, 5.41) is 15.0. The number of hydrogen-bond donors (Lipinski definition) is 0. The van der Waals surface area contributed by atoms with Crippen LogP contribution in [0, 0.1) is 5.21 Å². The van der Waals surface area contributed by atoms with Crippen molar-refractivity contribution in [2.24, 2.45) is 0 Å². The third kappa shape index (κ3) is 2.75. The van der Waals surface area contributed by atoms with E-state index in [1.165, 1.54) is 0 Å². The van der Waals surface area contributed by atoms with Gasteiger partial charge in [-0.1, -0.05) is 18.2 Å². The number of benzene rings is 2. The van der Waals surface area contributed by atoms with Gasteiger partial charge in [0.25, 0.3) is 0 Å². The monoisotopic (exact) mass is 280 g/mol. The fraction of sp³-hybridized carbons (Fsp3) is 0. The molecular weight excluding hydrogens is 268 g/mol. The Labute approximate surface area is 121 Å². The van der Waals surface area contributed by atoms with E-state index in [2.05, 4.69) is 4.98 Å². The molecule has 0 fully saturated rings. The summed E-state index contributed by atoms with van der Waals surface area (Å²) in [6.45, 7) is 0. The minimum Gasteiger partial charge on any atom is -0.618 e. The van der Waals surface area contributed by atoms with Gasteiger partial charge in [0.2, 0.25) is 5.69 Å². The number of nitrogens with zero attached hydrogens (tertiary/aromatic N) is 2. The van der Waals surface area contributed by atoms with E-state index in [1.54, 1.807) is 23.7 Å². The molecule has 1 heterocycles. The molecule has 98 valence electrons. The first-order chi connectivity index (χ1) is 9.83. The maximum atomic E-state index is 12.1. The van der Waals surface area contributed by atoms with Gasteiger partial charge in [0.1, 0.15) is 5.01 Å². The van der Waals surface area contributed by atoms with Crippen molar-refractivity contribution >= 4 is 23.2 Å². The number of aromatic nitrogens is 1. The highest BCUT2D eigenvalue weighted by Crippen LogP contribution is 2.23. The quantitative estimate of drug-likeness (QED) is 0.314. The van der Waals surface area contributed by atoms with E-state index in [4.69, 9.17) is 0 Å². The average molecular weight is 280 g/mol. The van der Waals surface area contributed by atoms with Gasteiger partial charge in [-0.15, -0.1) is 11.3 Å². The molecule has 0 spiro atoms. The predicted octanol–water partition coefficient (Wildman–Crippen LogP) is 4.07. The van der Waals surface area contributed by atoms with Gasteiger partial charge in [-0.05, 0) is 24.3 Å². The molecule has 0 N–H and O–H groups in total. The molecule has 0 unspecified atom stereocenters. The summed E-state index contributed by atoms with van der Waals surface area (Å²) in [4.78, 5) is 4.25. The molecule has 0 aliphatic heterocycles.